The summed E-state index contributed by atoms with van der Waals surface area (Å²) in [7, 11) is 2.00. The molecule has 0 amide bonds. The molecule has 4 nitrogen and oxygen atoms in total. The number of nitrogens with zero attached hydrogens (tertiary/aromatic N) is 3. The normalized spacial score (nSPS) is 18.3. The van der Waals surface area contributed by atoms with E-state index < -0.39 is 0 Å². The van der Waals surface area contributed by atoms with Crippen molar-refractivity contribution in [2.75, 3.05) is 25.0 Å². The van der Waals surface area contributed by atoms with Crippen molar-refractivity contribution in [1.29, 1.82) is 0 Å². The molecule has 1 aliphatic heterocycles. The molecule has 0 aliphatic carbocycles. The molecule has 21 heavy (non-hydrogen) atoms. The van der Waals surface area contributed by atoms with Crippen LogP contribution in [0.25, 0.3) is 5.65 Å². The lowest BCUT2D eigenvalue weighted by atomic mass is 9.78. The average Bonchev–Trinajstić information content (AvgIpc) is 2.88. The largest absolute Gasteiger partial charge is 0.355 e. The van der Waals surface area contributed by atoms with Crippen LogP contribution in [0.2, 0.25) is 0 Å². The van der Waals surface area contributed by atoms with E-state index in [-0.39, 0.29) is 0 Å². The van der Waals surface area contributed by atoms with Crippen LogP contribution in [0.3, 0.4) is 0 Å². The van der Waals surface area contributed by atoms with E-state index in [0.717, 1.165) is 31.1 Å². The standard InChI is InChI=1S/C17H26N4/c1-4-17(2)8-11-20(12-9-17)16-14(13-18-3)21-10-6-5-7-15(21)19-16/h5-7,10,18H,4,8-9,11-13H2,1-3H3. The monoisotopic (exact) mass is 286 g/mol. The summed E-state index contributed by atoms with van der Waals surface area (Å²) in [5.74, 6) is 1.16. The summed E-state index contributed by atoms with van der Waals surface area (Å²) < 4.78 is 2.21. The van der Waals surface area contributed by atoms with Gasteiger partial charge in [-0.15, -0.1) is 0 Å². The minimum absolute atomic E-state index is 0.513. The molecule has 0 atom stereocenters. The fourth-order valence-electron chi connectivity index (χ4n) is 3.23. The van der Waals surface area contributed by atoms with Crippen molar-refractivity contribution in [3.05, 3.63) is 30.1 Å². The molecule has 0 radical (unpaired) electrons. The molecule has 4 heteroatoms. The highest BCUT2D eigenvalue weighted by Gasteiger charge is 2.30. The van der Waals surface area contributed by atoms with E-state index >= 15 is 0 Å². The van der Waals surface area contributed by atoms with Gasteiger partial charge in [0.2, 0.25) is 0 Å². The van der Waals surface area contributed by atoms with Crippen molar-refractivity contribution >= 4 is 11.5 Å². The maximum Gasteiger partial charge on any atom is 0.152 e. The number of rotatable bonds is 4. The van der Waals surface area contributed by atoms with Gasteiger partial charge >= 0.3 is 0 Å². The number of hydrogen-bond donors (Lipinski definition) is 1. The summed E-state index contributed by atoms with van der Waals surface area (Å²) in [6.45, 7) is 7.81. The van der Waals surface area contributed by atoms with Gasteiger partial charge in [0.05, 0.1) is 5.69 Å². The van der Waals surface area contributed by atoms with E-state index in [0.29, 0.717) is 5.41 Å². The second-order valence-corrected chi connectivity index (χ2v) is 6.49. The Bertz CT molecular complexity index is 608. The van der Waals surface area contributed by atoms with Gasteiger partial charge in [0.15, 0.2) is 5.82 Å². The minimum atomic E-state index is 0.513. The summed E-state index contributed by atoms with van der Waals surface area (Å²) in [6, 6.07) is 6.21. The summed E-state index contributed by atoms with van der Waals surface area (Å²) in [4.78, 5) is 7.35. The molecule has 1 saturated heterocycles. The molecule has 0 saturated carbocycles. The Morgan fingerprint density at radius 2 is 2.05 bits per heavy atom. The first-order valence-electron chi connectivity index (χ1n) is 8.02. The number of nitrogens with one attached hydrogen (secondary N) is 1. The Kier molecular flexibility index (Phi) is 3.89. The first kappa shape index (κ1) is 14.4. The van der Waals surface area contributed by atoms with Crippen molar-refractivity contribution < 1.29 is 0 Å². The van der Waals surface area contributed by atoms with E-state index in [2.05, 4.69) is 52.9 Å². The van der Waals surface area contributed by atoms with Crippen LogP contribution >= 0.6 is 0 Å². The molecule has 2 aromatic rings. The van der Waals surface area contributed by atoms with E-state index in [9.17, 15) is 0 Å². The highest BCUT2D eigenvalue weighted by Crippen LogP contribution is 2.36. The zero-order valence-corrected chi connectivity index (χ0v) is 13.4. The Morgan fingerprint density at radius 3 is 2.71 bits per heavy atom. The fourth-order valence-corrected chi connectivity index (χ4v) is 3.23. The van der Waals surface area contributed by atoms with Gasteiger partial charge in [0.1, 0.15) is 5.65 Å². The molecule has 0 bridgehead atoms. The number of aromatic nitrogens is 2. The predicted molar refractivity (Wildman–Crippen MR) is 87.8 cm³/mol. The highest BCUT2D eigenvalue weighted by molar-refractivity contribution is 5.56. The minimum Gasteiger partial charge on any atom is -0.355 e. The molecule has 114 valence electrons. The van der Waals surface area contributed by atoms with Crippen LogP contribution in [-0.4, -0.2) is 29.5 Å². The van der Waals surface area contributed by atoms with E-state index in [1.807, 2.05) is 7.05 Å². The molecule has 3 rings (SSSR count). The third-order valence-corrected chi connectivity index (χ3v) is 5.08. The summed E-state index contributed by atoms with van der Waals surface area (Å²) in [5.41, 5.74) is 2.83. The third kappa shape index (κ3) is 2.64. The molecule has 0 unspecified atom stereocenters. The second-order valence-electron chi connectivity index (χ2n) is 6.49. The predicted octanol–water partition coefficient (Wildman–Crippen LogP) is 3.07. The van der Waals surface area contributed by atoms with Crippen molar-refractivity contribution in [2.24, 2.45) is 5.41 Å². The topological polar surface area (TPSA) is 32.6 Å². The Balaban J connectivity index is 1.92. The summed E-state index contributed by atoms with van der Waals surface area (Å²) in [6.07, 6.45) is 5.90. The van der Waals surface area contributed by atoms with Gasteiger partial charge in [-0.25, -0.2) is 4.98 Å². The Labute approximate surface area is 127 Å². The van der Waals surface area contributed by atoms with Crippen molar-refractivity contribution in [3.63, 3.8) is 0 Å². The quantitative estimate of drug-likeness (QED) is 0.937. The van der Waals surface area contributed by atoms with Gasteiger partial charge in [-0.2, -0.15) is 0 Å². The Hall–Kier alpha value is -1.55. The van der Waals surface area contributed by atoms with Gasteiger partial charge in [0.25, 0.3) is 0 Å². The lowest BCUT2D eigenvalue weighted by Crippen LogP contribution is -2.39. The number of anilines is 1. The van der Waals surface area contributed by atoms with Gasteiger partial charge < -0.3 is 14.6 Å². The number of hydrogen-bond acceptors (Lipinski definition) is 3. The van der Waals surface area contributed by atoms with Crippen LogP contribution in [0.4, 0.5) is 5.82 Å². The van der Waals surface area contributed by atoms with E-state index in [4.69, 9.17) is 4.98 Å². The van der Waals surface area contributed by atoms with Crippen molar-refractivity contribution in [2.45, 2.75) is 39.7 Å². The van der Waals surface area contributed by atoms with Crippen LogP contribution in [0.15, 0.2) is 24.4 Å². The van der Waals surface area contributed by atoms with Crippen LogP contribution in [-0.2, 0) is 6.54 Å². The molecule has 0 aromatic carbocycles. The smallest absolute Gasteiger partial charge is 0.152 e. The number of fused-ring (bicyclic) bond motifs is 1. The van der Waals surface area contributed by atoms with Crippen LogP contribution in [0.5, 0.6) is 0 Å². The first-order valence-corrected chi connectivity index (χ1v) is 8.02. The summed E-state index contributed by atoms with van der Waals surface area (Å²) >= 11 is 0. The first-order chi connectivity index (χ1) is 10.2. The van der Waals surface area contributed by atoms with Crippen molar-refractivity contribution in [3.8, 4) is 0 Å². The SMILES string of the molecule is CCC1(C)CCN(c2nc3ccccn3c2CNC)CC1. The maximum atomic E-state index is 4.88. The third-order valence-electron chi connectivity index (χ3n) is 5.08. The second kappa shape index (κ2) is 5.68. The molecule has 2 aromatic heterocycles. The van der Waals surface area contributed by atoms with Gasteiger partial charge in [-0.05, 0) is 37.4 Å². The maximum absolute atomic E-state index is 4.88. The van der Waals surface area contributed by atoms with Crippen LogP contribution < -0.4 is 10.2 Å². The lowest BCUT2D eigenvalue weighted by Gasteiger charge is -2.39. The van der Waals surface area contributed by atoms with Gasteiger partial charge in [-0.3, -0.25) is 0 Å². The number of piperidine rings is 1. The lowest BCUT2D eigenvalue weighted by molar-refractivity contribution is 0.237. The molecule has 1 N–H and O–H groups in total. The van der Waals surface area contributed by atoms with Crippen LogP contribution in [0, 0.1) is 5.41 Å². The van der Waals surface area contributed by atoms with E-state index in [1.165, 1.54) is 25.0 Å². The zero-order valence-electron chi connectivity index (χ0n) is 13.4. The highest BCUT2D eigenvalue weighted by atomic mass is 15.2. The fraction of sp³-hybridized carbons (Fsp3) is 0.588. The van der Waals surface area contributed by atoms with E-state index in [1.54, 1.807) is 0 Å². The average molecular weight is 286 g/mol. The van der Waals surface area contributed by atoms with Crippen LogP contribution in [0.1, 0.15) is 38.8 Å². The van der Waals surface area contributed by atoms with Crippen molar-refractivity contribution in [1.82, 2.24) is 14.7 Å². The molecule has 0 spiro atoms. The Morgan fingerprint density at radius 1 is 1.29 bits per heavy atom. The summed E-state index contributed by atoms with van der Waals surface area (Å²) in [5, 5.41) is 3.28. The zero-order chi connectivity index (χ0) is 14.9. The molecule has 1 aliphatic rings. The molecule has 1 fully saturated rings. The van der Waals surface area contributed by atoms with Gasteiger partial charge in [-0.1, -0.05) is 26.3 Å². The van der Waals surface area contributed by atoms with Gasteiger partial charge in [0, 0.05) is 25.8 Å². The molecular weight excluding hydrogens is 260 g/mol. The molecular formula is C17H26N4. The molecule has 3 heterocycles. The number of imidazole rings is 1. The number of pyridine rings is 1.